The number of benzene rings is 4. The molecule has 0 radical (unpaired) electrons. The van der Waals surface area contributed by atoms with Gasteiger partial charge >= 0.3 is 0 Å². The zero-order valence-corrected chi connectivity index (χ0v) is 16.0. The van der Waals surface area contributed by atoms with Crippen LogP contribution in [-0.2, 0) is 10.0 Å². The van der Waals surface area contributed by atoms with Crippen molar-refractivity contribution in [1.82, 2.24) is 4.98 Å². The molecule has 0 atom stereocenters. The highest BCUT2D eigenvalue weighted by Gasteiger charge is 2.15. The molecule has 0 saturated carbocycles. The number of nitrogens with one attached hydrogen (secondary N) is 2. The van der Waals surface area contributed by atoms with Crippen molar-refractivity contribution in [3.63, 3.8) is 0 Å². The first-order valence-electron chi connectivity index (χ1n) is 9.08. The summed E-state index contributed by atoms with van der Waals surface area (Å²) in [5.41, 5.74) is 0.919. The van der Waals surface area contributed by atoms with Crippen molar-refractivity contribution in [2.45, 2.75) is 4.90 Å². The molecule has 1 heterocycles. The van der Waals surface area contributed by atoms with E-state index in [-0.39, 0.29) is 10.5 Å². The minimum atomic E-state index is -3.76. The molecule has 5 rings (SSSR count). The molecule has 0 saturated heterocycles. The molecule has 5 aromatic rings. The fourth-order valence-electron chi connectivity index (χ4n) is 3.59. The molecular formula is C23H16N2O3S. The Bertz CT molecular complexity index is 1570. The summed E-state index contributed by atoms with van der Waals surface area (Å²) in [5.74, 6) is 0. The first kappa shape index (κ1) is 17.5. The van der Waals surface area contributed by atoms with Crippen molar-refractivity contribution >= 4 is 48.2 Å². The van der Waals surface area contributed by atoms with Crippen molar-refractivity contribution in [1.29, 1.82) is 0 Å². The van der Waals surface area contributed by atoms with Gasteiger partial charge < -0.3 is 4.98 Å². The summed E-state index contributed by atoms with van der Waals surface area (Å²) in [6, 6.07) is 25.0. The lowest BCUT2D eigenvalue weighted by molar-refractivity contribution is 0.601. The molecule has 2 N–H and O–H groups in total. The van der Waals surface area contributed by atoms with Gasteiger partial charge in [0.2, 0.25) is 0 Å². The fourth-order valence-corrected chi connectivity index (χ4v) is 4.68. The van der Waals surface area contributed by atoms with E-state index in [0.717, 1.165) is 21.5 Å². The minimum Gasteiger partial charge on any atom is -0.321 e. The van der Waals surface area contributed by atoms with E-state index in [0.29, 0.717) is 16.6 Å². The van der Waals surface area contributed by atoms with Gasteiger partial charge in [0.15, 0.2) is 0 Å². The Labute approximate surface area is 166 Å². The van der Waals surface area contributed by atoms with Crippen LogP contribution in [0.5, 0.6) is 0 Å². The summed E-state index contributed by atoms with van der Waals surface area (Å²) in [6.07, 6.45) is 0. The molecule has 0 amide bonds. The molecule has 0 aliphatic rings. The summed E-state index contributed by atoms with van der Waals surface area (Å²) < 4.78 is 28.5. The average Bonchev–Trinajstić information content (AvgIpc) is 2.74. The van der Waals surface area contributed by atoms with E-state index in [1.54, 1.807) is 48.5 Å². The van der Waals surface area contributed by atoms with Gasteiger partial charge in [-0.15, -0.1) is 0 Å². The smallest absolute Gasteiger partial charge is 0.261 e. The van der Waals surface area contributed by atoms with Gasteiger partial charge in [-0.2, -0.15) is 0 Å². The van der Waals surface area contributed by atoms with Gasteiger partial charge in [0.1, 0.15) is 0 Å². The second-order valence-corrected chi connectivity index (χ2v) is 8.56. The highest BCUT2D eigenvalue weighted by molar-refractivity contribution is 7.92. The second kappa shape index (κ2) is 6.46. The summed E-state index contributed by atoms with van der Waals surface area (Å²) in [7, 11) is -3.76. The summed E-state index contributed by atoms with van der Waals surface area (Å²) in [5, 5.41) is 3.96. The Kier molecular flexibility index (Phi) is 3.89. The Morgan fingerprint density at radius 1 is 0.690 bits per heavy atom. The van der Waals surface area contributed by atoms with Gasteiger partial charge in [-0.3, -0.25) is 9.52 Å². The number of hydrogen-bond acceptors (Lipinski definition) is 3. The van der Waals surface area contributed by atoms with Crippen LogP contribution in [0.25, 0.3) is 32.4 Å². The Hall–Kier alpha value is -3.64. The number of aromatic amines is 1. The van der Waals surface area contributed by atoms with E-state index >= 15 is 0 Å². The maximum absolute atomic E-state index is 12.9. The third-order valence-electron chi connectivity index (χ3n) is 5.01. The molecule has 142 valence electrons. The number of hydrogen-bond donors (Lipinski definition) is 2. The highest BCUT2D eigenvalue weighted by atomic mass is 32.2. The molecule has 0 aliphatic heterocycles. The predicted octanol–water partition coefficient (Wildman–Crippen LogP) is 4.64. The Morgan fingerprint density at radius 3 is 2.24 bits per heavy atom. The van der Waals surface area contributed by atoms with Crippen LogP contribution in [0.2, 0.25) is 0 Å². The zero-order valence-electron chi connectivity index (χ0n) is 15.2. The number of H-pyrrole nitrogens is 1. The van der Waals surface area contributed by atoms with Crippen LogP contribution in [0, 0.1) is 0 Å². The van der Waals surface area contributed by atoms with Crippen LogP contribution >= 0.6 is 0 Å². The number of pyridine rings is 1. The molecule has 29 heavy (non-hydrogen) atoms. The van der Waals surface area contributed by atoms with E-state index in [1.807, 2.05) is 36.4 Å². The van der Waals surface area contributed by atoms with Crippen LogP contribution in [0.3, 0.4) is 0 Å². The number of rotatable bonds is 3. The molecule has 1 aromatic heterocycles. The molecular weight excluding hydrogens is 384 g/mol. The predicted molar refractivity (Wildman–Crippen MR) is 117 cm³/mol. The second-order valence-electron chi connectivity index (χ2n) is 6.87. The van der Waals surface area contributed by atoms with Crippen molar-refractivity contribution < 1.29 is 8.42 Å². The van der Waals surface area contributed by atoms with Crippen molar-refractivity contribution in [3.05, 3.63) is 95.3 Å². The minimum absolute atomic E-state index is 0.169. The van der Waals surface area contributed by atoms with E-state index in [2.05, 4.69) is 9.71 Å². The number of fused-ring (bicyclic) bond motifs is 4. The lowest BCUT2D eigenvalue weighted by atomic mass is 10.1. The van der Waals surface area contributed by atoms with E-state index < -0.39 is 10.0 Å². The molecule has 0 aliphatic carbocycles. The average molecular weight is 400 g/mol. The molecule has 0 unspecified atom stereocenters. The SMILES string of the molecule is O=c1[nH]c2ccc(NS(=O)(=O)c3ccc4ccccc4c3)cc2c2ccccc12. The molecule has 0 spiro atoms. The van der Waals surface area contributed by atoms with Gasteiger partial charge in [-0.05, 0) is 52.6 Å². The topological polar surface area (TPSA) is 79.0 Å². The van der Waals surface area contributed by atoms with Crippen molar-refractivity contribution in [3.8, 4) is 0 Å². The van der Waals surface area contributed by atoms with Gasteiger partial charge in [-0.25, -0.2) is 8.42 Å². The quantitative estimate of drug-likeness (QED) is 0.433. The van der Waals surface area contributed by atoms with E-state index in [4.69, 9.17) is 0 Å². The van der Waals surface area contributed by atoms with Crippen LogP contribution in [0.1, 0.15) is 0 Å². The van der Waals surface area contributed by atoms with Crippen molar-refractivity contribution in [2.75, 3.05) is 4.72 Å². The molecule has 6 heteroatoms. The van der Waals surface area contributed by atoms with Crippen LogP contribution < -0.4 is 10.3 Å². The largest absolute Gasteiger partial charge is 0.321 e. The van der Waals surface area contributed by atoms with E-state index in [9.17, 15) is 13.2 Å². The first-order valence-corrected chi connectivity index (χ1v) is 10.6. The molecule has 0 fully saturated rings. The lowest BCUT2D eigenvalue weighted by Crippen LogP contribution is -2.13. The highest BCUT2D eigenvalue weighted by Crippen LogP contribution is 2.26. The maximum Gasteiger partial charge on any atom is 0.261 e. The zero-order chi connectivity index (χ0) is 20.0. The lowest BCUT2D eigenvalue weighted by Gasteiger charge is -2.11. The number of anilines is 1. The van der Waals surface area contributed by atoms with Crippen LogP contribution in [-0.4, -0.2) is 13.4 Å². The third-order valence-corrected chi connectivity index (χ3v) is 6.39. The van der Waals surface area contributed by atoms with Crippen LogP contribution in [0.15, 0.2) is 94.6 Å². The summed E-state index contributed by atoms with van der Waals surface area (Å²) >= 11 is 0. The molecule has 0 bridgehead atoms. The normalized spacial score (nSPS) is 11.9. The van der Waals surface area contributed by atoms with Gasteiger partial charge in [0, 0.05) is 22.0 Å². The summed E-state index contributed by atoms with van der Waals surface area (Å²) in [6.45, 7) is 0. The van der Waals surface area contributed by atoms with Gasteiger partial charge in [0.25, 0.3) is 15.6 Å². The monoisotopic (exact) mass is 400 g/mol. The number of aromatic nitrogens is 1. The maximum atomic E-state index is 12.9. The fraction of sp³-hybridized carbons (Fsp3) is 0. The Balaban J connectivity index is 1.60. The first-order chi connectivity index (χ1) is 14.0. The van der Waals surface area contributed by atoms with E-state index in [1.165, 1.54) is 0 Å². The molecule has 5 nitrogen and oxygen atoms in total. The van der Waals surface area contributed by atoms with Gasteiger partial charge in [0.05, 0.1) is 4.90 Å². The third kappa shape index (κ3) is 3.03. The van der Waals surface area contributed by atoms with Gasteiger partial charge in [-0.1, -0.05) is 48.5 Å². The number of sulfonamides is 1. The van der Waals surface area contributed by atoms with Crippen molar-refractivity contribution in [2.24, 2.45) is 0 Å². The summed E-state index contributed by atoms with van der Waals surface area (Å²) in [4.78, 5) is 15.3. The Morgan fingerprint density at radius 2 is 1.41 bits per heavy atom. The molecule has 4 aromatic carbocycles. The standard InChI is InChI=1S/C23H16N2O3S/c26-23-20-8-4-3-7-19(20)21-14-17(10-12-22(21)24-23)25-29(27,28)18-11-9-15-5-1-2-6-16(15)13-18/h1-14,25H,(H,24,26). The van der Waals surface area contributed by atoms with Crippen LogP contribution in [0.4, 0.5) is 5.69 Å².